The number of aryl methyl sites for hydroxylation is 1. The SMILES string of the molecule is CCC(C(=O)Nc1cnn(C)c1C(=O)NCc1ccco1)n1cc(Cl)cn1. The Hall–Kier alpha value is -3.07. The van der Waals surface area contributed by atoms with E-state index in [-0.39, 0.29) is 24.1 Å². The van der Waals surface area contributed by atoms with Gasteiger partial charge in [0.05, 0.1) is 35.9 Å². The van der Waals surface area contributed by atoms with E-state index in [4.69, 9.17) is 16.0 Å². The lowest BCUT2D eigenvalue weighted by atomic mass is 10.2. The average Bonchev–Trinajstić information content (AvgIpc) is 3.36. The molecule has 3 heterocycles. The molecule has 142 valence electrons. The summed E-state index contributed by atoms with van der Waals surface area (Å²) in [5.74, 6) is -0.0695. The number of hydrogen-bond donors (Lipinski definition) is 2. The lowest BCUT2D eigenvalue weighted by Gasteiger charge is -2.15. The molecular weight excluding hydrogens is 372 g/mol. The maximum absolute atomic E-state index is 12.7. The van der Waals surface area contributed by atoms with Crippen LogP contribution in [0.4, 0.5) is 5.69 Å². The minimum absolute atomic E-state index is 0.230. The third-order valence-electron chi connectivity index (χ3n) is 3.99. The lowest BCUT2D eigenvalue weighted by Crippen LogP contribution is -2.29. The normalized spacial score (nSPS) is 12.0. The van der Waals surface area contributed by atoms with Gasteiger partial charge in [0.25, 0.3) is 5.91 Å². The van der Waals surface area contributed by atoms with Crippen molar-refractivity contribution in [3.8, 4) is 0 Å². The molecule has 10 heteroatoms. The number of aromatic nitrogens is 4. The highest BCUT2D eigenvalue weighted by molar-refractivity contribution is 6.30. The van der Waals surface area contributed by atoms with Crippen molar-refractivity contribution in [2.75, 3.05) is 5.32 Å². The smallest absolute Gasteiger partial charge is 0.272 e. The molecule has 0 spiro atoms. The molecule has 1 unspecified atom stereocenters. The standard InChI is InChI=1S/C17H19ClN6O3/c1-3-14(24-10-11(18)7-21-24)16(25)22-13-9-20-23(2)15(13)17(26)19-8-12-5-4-6-27-12/h4-7,9-10,14H,3,8H2,1-2H3,(H,19,26)(H,22,25). The van der Waals surface area contributed by atoms with E-state index in [2.05, 4.69) is 20.8 Å². The number of nitrogens with zero attached hydrogens (tertiary/aromatic N) is 4. The average molecular weight is 391 g/mol. The number of furan rings is 1. The summed E-state index contributed by atoms with van der Waals surface area (Å²) in [4.78, 5) is 25.2. The first-order valence-corrected chi connectivity index (χ1v) is 8.70. The molecular formula is C17H19ClN6O3. The fourth-order valence-electron chi connectivity index (χ4n) is 2.66. The van der Waals surface area contributed by atoms with Crippen LogP contribution in [0.2, 0.25) is 5.02 Å². The van der Waals surface area contributed by atoms with E-state index in [1.165, 1.54) is 28.0 Å². The fourth-order valence-corrected chi connectivity index (χ4v) is 2.80. The molecule has 0 aromatic carbocycles. The second-order valence-electron chi connectivity index (χ2n) is 5.84. The zero-order valence-corrected chi connectivity index (χ0v) is 15.6. The molecule has 0 saturated carbocycles. The molecule has 0 aliphatic rings. The minimum Gasteiger partial charge on any atom is -0.467 e. The Morgan fingerprint density at radius 2 is 2.15 bits per heavy atom. The number of anilines is 1. The first-order chi connectivity index (χ1) is 13.0. The second kappa shape index (κ2) is 8.09. The number of halogens is 1. The van der Waals surface area contributed by atoms with Gasteiger partial charge in [0.2, 0.25) is 5.91 Å². The zero-order valence-electron chi connectivity index (χ0n) is 14.8. The van der Waals surface area contributed by atoms with Crippen molar-refractivity contribution in [2.24, 2.45) is 7.05 Å². The maximum atomic E-state index is 12.7. The summed E-state index contributed by atoms with van der Waals surface area (Å²) in [5.41, 5.74) is 0.555. The Morgan fingerprint density at radius 3 is 2.78 bits per heavy atom. The van der Waals surface area contributed by atoms with Crippen molar-refractivity contribution in [3.05, 3.63) is 53.5 Å². The van der Waals surface area contributed by atoms with Gasteiger partial charge < -0.3 is 15.1 Å². The van der Waals surface area contributed by atoms with Crippen LogP contribution >= 0.6 is 11.6 Å². The number of nitrogens with one attached hydrogen (secondary N) is 2. The van der Waals surface area contributed by atoms with Crippen molar-refractivity contribution in [2.45, 2.75) is 25.9 Å². The number of hydrogen-bond acceptors (Lipinski definition) is 5. The van der Waals surface area contributed by atoms with Crippen LogP contribution in [0.1, 0.15) is 35.6 Å². The van der Waals surface area contributed by atoms with E-state index >= 15 is 0 Å². The molecule has 9 nitrogen and oxygen atoms in total. The Balaban J connectivity index is 1.73. The Bertz CT molecular complexity index is 931. The number of amides is 2. The second-order valence-corrected chi connectivity index (χ2v) is 6.28. The topological polar surface area (TPSA) is 107 Å². The highest BCUT2D eigenvalue weighted by atomic mass is 35.5. The van der Waals surface area contributed by atoms with Gasteiger partial charge in [-0.15, -0.1) is 0 Å². The molecule has 0 aliphatic carbocycles. The van der Waals surface area contributed by atoms with Crippen LogP contribution in [0.3, 0.4) is 0 Å². The summed E-state index contributed by atoms with van der Waals surface area (Å²) < 4.78 is 8.09. The van der Waals surface area contributed by atoms with Gasteiger partial charge in [-0.25, -0.2) is 0 Å². The van der Waals surface area contributed by atoms with Crippen LogP contribution < -0.4 is 10.6 Å². The predicted molar refractivity (Wildman–Crippen MR) is 98.3 cm³/mol. The summed E-state index contributed by atoms with van der Waals surface area (Å²) in [6, 6.07) is 2.94. The predicted octanol–water partition coefficient (Wildman–Crippen LogP) is 2.38. The van der Waals surface area contributed by atoms with Crippen LogP contribution in [0.25, 0.3) is 0 Å². The molecule has 1 atom stereocenters. The van der Waals surface area contributed by atoms with Crippen LogP contribution in [0, 0.1) is 0 Å². The zero-order chi connectivity index (χ0) is 19.4. The molecule has 2 amide bonds. The van der Waals surface area contributed by atoms with E-state index in [1.807, 2.05) is 6.92 Å². The number of carbonyl (C=O) groups is 2. The molecule has 27 heavy (non-hydrogen) atoms. The van der Waals surface area contributed by atoms with Gasteiger partial charge in [-0.05, 0) is 18.6 Å². The van der Waals surface area contributed by atoms with Crippen molar-refractivity contribution >= 4 is 29.1 Å². The van der Waals surface area contributed by atoms with Gasteiger partial charge in [0, 0.05) is 13.2 Å². The first-order valence-electron chi connectivity index (χ1n) is 8.32. The third-order valence-corrected chi connectivity index (χ3v) is 4.19. The van der Waals surface area contributed by atoms with Crippen molar-refractivity contribution in [3.63, 3.8) is 0 Å². The number of carbonyl (C=O) groups excluding carboxylic acids is 2. The summed E-state index contributed by atoms with van der Waals surface area (Å²) in [6.45, 7) is 2.09. The summed E-state index contributed by atoms with van der Waals surface area (Å²) in [5, 5.41) is 14.1. The molecule has 3 aromatic heterocycles. The van der Waals surface area contributed by atoms with E-state index in [1.54, 1.807) is 25.4 Å². The highest BCUT2D eigenvalue weighted by Crippen LogP contribution is 2.20. The Morgan fingerprint density at radius 1 is 1.33 bits per heavy atom. The Kier molecular flexibility index (Phi) is 5.60. The lowest BCUT2D eigenvalue weighted by molar-refractivity contribution is -0.119. The molecule has 0 bridgehead atoms. The van der Waals surface area contributed by atoms with Gasteiger partial charge >= 0.3 is 0 Å². The molecule has 0 radical (unpaired) electrons. The van der Waals surface area contributed by atoms with Gasteiger partial charge in [-0.3, -0.25) is 19.0 Å². The van der Waals surface area contributed by atoms with E-state index < -0.39 is 6.04 Å². The minimum atomic E-state index is -0.559. The quantitative estimate of drug-likeness (QED) is 0.644. The summed E-state index contributed by atoms with van der Waals surface area (Å²) >= 11 is 5.88. The van der Waals surface area contributed by atoms with Crippen molar-refractivity contribution in [1.29, 1.82) is 0 Å². The van der Waals surface area contributed by atoms with E-state index in [9.17, 15) is 9.59 Å². The third kappa shape index (κ3) is 4.20. The maximum Gasteiger partial charge on any atom is 0.272 e. The van der Waals surface area contributed by atoms with E-state index in [0.717, 1.165) is 0 Å². The molecule has 0 saturated heterocycles. The summed E-state index contributed by atoms with van der Waals surface area (Å²) in [7, 11) is 1.63. The van der Waals surface area contributed by atoms with Crippen LogP contribution in [-0.2, 0) is 18.4 Å². The molecule has 0 fully saturated rings. The molecule has 3 aromatic rings. The largest absolute Gasteiger partial charge is 0.467 e. The van der Waals surface area contributed by atoms with Crippen molar-refractivity contribution in [1.82, 2.24) is 24.9 Å². The van der Waals surface area contributed by atoms with Crippen LogP contribution in [0.15, 0.2) is 41.4 Å². The molecule has 3 rings (SSSR count). The number of rotatable bonds is 7. The highest BCUT2D eigenvalue weighted by Gasteiger charge is 2.24. The molecule has 2 N–H and O–H groups in total. The van der Waals surface area contributed by atoms with Gasteiger partial charge in [0.1, 0.15) is 17.5 Å². The van der Waals surface area contributed by atoms with Gasteiger partial charge in [-0.1, -0.05) is 18.5 Å². The van der Waals surface area contributed by atoms with Crippen LogP contribution in [-0.4, -0.2) is 31.4 Å². The molecule has 0 aliphatic heterocycles. The van der Waals surface area contributed by atoms with Gasteiger partial charge in [-0.2, -0.15) is 10.2 Å². The fraction of sp³-hybridized carbons (Fsp3) is 0.294. The van der Waals surface area contributed by atoms with Crippen LogP contribution in [0.5, 0.6) is 0 Å². The van der Waals surface area contributed by atoms with Gasteiger partial charge in [0.15, 0.2) is 0 Å². The Labute approximate surface area is 160 Å². The first kappa shape index (κ1) is 18.7. The van der Waals surface area contributed by atoms with E-state index in [0.29, 0.717) is 22.9 Å². The van der Waals surface area contributed by atoms with Crippen molar-refractivity contribution < 1.29 is 14.0 Å². The monoisotopic (exact) mass is 390 g/mol. The summed E-state index contributed by atoms with van der Waals surface area (Å²) in [6.07, 6.45) is 6.51.